The third-order valence-electron chi connectivity index (χ3n) is 8.23. The van der Waals surface area contributed by atoms with Crippen molar-refractivity contribution in [2.24, 2.45) is 0 Å². The van der Waals surface area contributed by atoms with Gasteiger partial charge in [-0.25, -0.2) is 0 Å². The van der Waals surface area contributed by atoms with Gasteiger partial charge in [-0.2, -0.15) is 0 Å². The van der Waals surface area contributed by atoms with Crippen molar-refractivity contribution in [2.75, 3.05) is 6.61 Å². The van der Waals surface area contributed by atoms with Crippen molar-refractivity contribution < 1.29 is 23.7 Å². The van der Waals surface area contributed by atoms with Crippen molar-refractivity contribution in [3.63, 3.8) is 0 Å². The summed E-state index contributed by atoms with van der Waals surface area (Å²) in [5.41, 5.74) is 5.48. The Bertz CT molecular complexity index is 1560. The molecule has 5 aromatic rings. The fourth-order valence-corrected chi connectivity index (χ4v) is 5.77. The van der Waals surface area contributed by atoms with Crippen LogP contribution in [0.3, 0.4) is 0 Å². The first kappa shape index (κ1) is 32.8. The van der Waals surface area contributed by atoms with Crippen molar-refractivity contribution in [1.82, 2.24) is 5.32 Å². The van der Waals surface area contributed by atoms with Gasteiger partial charge in [0, 0.05) is 6.54 Å². The topological polar surface area (TPSA) is 58.2 Å². The lowest BCUT2D eigenvalue weighted by molar-refractivity contribution is -0.278. The predicted molar refractivity (Wildman–Crippen MR) is 183 cm³/mol. The maximum absolute atomic E-state index is 6.86. The monoisotopic (exact) mass is 629 g/mol. The molecule has 6 heteroatoms. The van der Waals surface area contributed by atoms with E-state index in [1.165, 1.54) is 0 Å². The first-order chi connectivity index (χ1) is 23.3. The number of ether oxygens (including phenoxy) is 5. The van der Waals surface area contributed by atoms with E-state index >= 15 is 0 Å². The zero-order valence-corrected chi connectivity index (χ0v) is 26.6. The quantitative estimate of drug-likeness (QED) is 0.122. The summed E-state index contributed by atoms with van der Waals surface area (Å²) in [6, 6.07) is 51.1. The van der Waals surface area contributed by atoms with Crippen molar-refractivity contribution in [1.29, 1.82) is 0 Å². The zero-order chi connectivity index (χ0) is 31.9. The van der Waals surface area contributed by atoms with E-state index < -0.39 is 30.6 Å². The molecule has 5 aromatic carbocycles. The van der Waals surface area contributed by atoms with E-state index in [0.717, 1.165) is 27.8 Å². The highest BCUT2D eigenvalue weighted by Gasteiger charge is 2.48. The SMILES string of the molecule is c1ccc(CNC2O[C@H](COCc3ccccc3)[C@@H](OCc3ccccc3)[C@H](OCc3ccccc3)[C@H]2OCc2ccccc2)cc1. The van der Waals surface area contributed by atoms with E-state index in [0.29, 0.717) is 39.6 Å². The normalized spacial score (nSPS) is 21.0. The summed E-state index contributed by atoms with van der Waals surface area (Å²) >= 11 is 0. The highest BCUT2D eigenvalue weighted by Crippen LogP contribution is 2.30. The van der Waals surface area contributed by atoms with Crippen molar-refractivity contribution in [2.45, 2.75) is 63.6 Å². The standard InChI is InChI=1S/C41H43NO5/c1-6-16-32(17-7-1)26-42-41-40(46-30-36-24-14-5-15-25-36)39(45-29-35-22-12-4-13-23-35)38(44-28-34-20-10-3-11-21-34)37(47-41)31-43-27-33-18-8-2-9-19-33/h1-25,37-42H,26-31H2/t37-,38-,39+,40-,41?/m1/s1. The molecule has 47 heavy (non-hydrogen) atoms. The molecular formula is C41H43NO5. The van der Waals surface area contributed by atoms with E-state index in [2.05, 4.69) is 66.0 Å². The molecular weight excluding hydrogens is 586 g/mol. The largest absolute Gasteiger partial charge is 0.374 e. The molecule has 1 saturated heterocycles. The van der Waals surface area contributed by atoms with Gasteiger partial charge in [0.1, 0.15) is 30.6 Å². The Morgan fingerprint density at radius 3 is 1.28 bits per heavy atom. The first-order valence-electron chi connectivity index (χ1n) is 16.3. The van der Waals surface area contributed by atoms with E-state index in [4.69, 9.17) is 23.7 Å². The van der Waals surface area contributed by atoms with Gasteiger partial charge in [-0.15, -0.1) is 0 Å². The summed E-state index contributed by atoms with van der Waals surface area (Å²) in [5.74, 6) is 0. The molecule has 0 spiro atoms. The van der Waals surface area contributed by atoms with Crippen LogP contribution >= 0.6 is 0 Å². The van der Waals surface area contributed by atoms with Crippen LogP contribution in [-0.2, 0) is 56.7 Å². The minimum atomic E-state index is -0.485. The molecule has 0 radical (unpaired) electrons. The summed E-state index contributed by atoms with van der Waals surface area (Å²) < 4.78 is 33.5. The van der Waals surface area contributed by atoms with Gasteiger partial charge in [-0.1, -0.05) is 152 Å². The van der Waals surface area contributed by atoms with Crippen molar-refractivity contribution in [3.8, 4) is 0 Å². The van der Waals surface area contributed by atoms with Crippen LogP contribution in [0.5, 0.6) is 0 Å². The van der Waals surface area contributed by atoms with Crippen LogP contribution in [0.2, 0.25) is 0 Å². The number of nitrogens with one attached hydrogen (secondary N) is 1. The third-order valence-corrected chi connectivity index (χ3v) is 8.23. The van der Waals surface area contributed by atoms with E-state index in [1.54, 1.807) is 0 Å². The Morgan fingerprint density at radius 1 is 0.426 bits per heavy atom. The average Bonchev–Trinajstić information content (AvgIpc) is 3.14. The summed E-state index contributed by atoms with van der Waals surface area (Å²) in [6.45, 7) is 2.62. The molecule has 0 bridgehead atoms. The fourth-order valence-electron chi connectivity index (χ4n) is 5.77. The molecule has 1 heterocycles. The lowest BCUT2D eigenvalue weighted by atomic mass is 9.96. The molecule has 5 atom stereocenters. The van der Waals surface area contributed by atoms with Gasteiger partial charge in [0.25, 0.3) is 0 Å². The van der Waals surface area contributed by atoms with Gasteiger partial charge < -0.3 is 23.7 Å². The van der Waals surface area contributed by atoms with Gasteiger partial charge in [-0.05, 0) is 27.8 Å². The lowest BCUT2D eigenvalue weighted by Crippen LogP contribution is -2.64. The molecule has 1 aliphatic rings. The van der Waals surface area contributed by atoms with Crippen LogP contribution in [0.15, 0.2) is 152 Å². The second-order valence-corrected chi connectivity index (χ2v) is 11.7. The van der Waals surface area contributed by atoms with Crippen LogP contribution < -0.4 is 5.32 Å². The minimum absolute atomic E-state index is 0.328. The average molecular weight is 630 g/mol. The van der Waals surface area contributed by atoms with Gasteiger partial charge in [0.2, 0.25) is 0 Å². The summed E-state index contributed by atoms with van der Waals surface area (Å²) in [5, 5.41) is 3.65. The Morgan fingerprint density at radius 2 is 0.809 bits per heavy atom. The Hall–Kier alpha value is -4.14. The van der Waals surface area contributed by atoms with E-state index in [1.807, 2.05) is 91.0 Å². The van der Waals surface area contributed by atoms with Gasteiger partial charge in [-0.3, -0.25) is 5.32 Å². The molecule has 0 aromatic heterocycles. The van der Waals surface area contributed by atoms with Gasteiger partial charge >= 0.3 is 0 Å². The second kappa shape index (κ2) is 17.7. The van der Waals surface area contributed by atoms with Crippen LogP contribution in [-0.4, -0.2) is 37.3 Å². The minimum Gasteiger partial charge on any atom is -0.374 e. The van der Waals surface area contributed by atoms with Crippen LogP contribution in [0, 0.1) is 0 Å². The zero-order valence-electron chi connectivity index (χ0n) is 26.6. The molecule has 6 nitrogen and oxygen atoms in total. The maximum atomic E-state index is 6.86. The Labute approximate surface area is 278 Å². The molecule has 1 aliphatic heterocycles. The van der Waals surface area contributed by atoms with Crippen molar-refractivity contribution >= 4 is 0 Å². The maximum Gasteiger partial charge on any atom is 0.138 e. The lowest BCUT2D eigenvalue weighted by Gasteiger charge is -2.46. The van der Waals surface area contributed by atoms with Crippen molar-refractivity contribution in [3.05, 3.63) is 179 Å². The van der Waals surface area contributed by atoms with Crippen LogP contribution in [0.25, 0.3) is 0 Å². The molecule has 1 N–H and O–H groups in total. The number of rotatable bonds is 16. The molecule has 242 valence electrons. The smallest absolute Gasteiger partial charge is 0.138 e. The molecule has 0 saturated carbocycles. The molecule has 1 unspecified atom stereocenters. The Kier molecular flexibility index (Phi) is 12.3. The highest BCUT2D eigenvalue weighted by molar-refractivity contribution is 5.17. The first-order valence-corrected chi connectivity index (χ1v) is 16.3. The highest BCUT2D eigenvalue weighted by atomic mass is 16.6. The van der Waals surface area contributed by atoms with Crippen LogP contribution in [0.1, 0.15) is 27.8 Å². The summed E-state index contributed by atoms with van der Waals surface area (Å²) in [6.07, 6.45) is -2.32. The fraction of sp³-hybridized carbons (Fsp3) is 0.268. The predicted octanol–water partition coefficient (Wildman–Crippen LogP) is 7.47. The van der Waals surface area contributed by atoms with Gasteiger partial charge in [0.15, 0.2) is 0 Å². The molecule has 0 aliphatic carbocycles. The molecule has 6 rings (SSSR count). The number of hydrogen-bond donors (Lipinski definition) is 1. The van der Waals surface area contributed by atoms with Crippen LogP contribution in [0.4, 0.5) is 0 Å². The van der Waals surface area contributed by atoms with E-state index in [9.17, 15) is 0 Å². The number of hydrogen-bond acceptors (Lipinski definition) is 6. The second-order valence-electron chi connectivity index (χ2n) is 11.7. The summed E-state index contributed by atoms with van der Waals surface area (Å²) in [4.78, 5) is 0. The van der Waals surface area contributed by atoms with E-state index in [-0.39, 0.29) is 0 Å². The molecule has 1 fully saturated rings. The molecule has 0 amide bonds. The summed E-state index contributed by atoms with van der Waals surface area (Å²) in [7, 11) is 0. The Balaban J connectivity index is 1.29. The third kappa shape index (κ3) is 9.92. The van der Waals surface area contributed by atoms with Gasteiger partial charge in [0.05, 0.1) is 33.0 Å². The number of benzene rings is 5.